The highest BCUT2D eigenvalue weighted by Gasteiger charge is 2.60. The van der Waals surface area contributed by atoms with Crippen molar-refractivity contribution < 1.29 is 24.1 Å². The van der Waals surface area contributed by atoms with Crippen molar-refractivity contribution in [3.8, 4) is 0 Å². The Morgan fingerprint density at radius 2 is 1.96 bits per heavy atom. The van der Waals surface area contributed by atoms with Gasteiger partial charge in [-0.1, -0.05) is 25.5 Å². The van der Waals surface area contributed by atoms with Crippen LogP contribution >= 0.6 is 0 Å². The summed E-state index contributed by atoms with van der Waals surface area (Å²) in [6, 6.07) is 0. The SMILES string of the molecule is CC1CCC=C2CC3OC(=O)C(CN4CCC5(CC4)OCCO5)C3C(O)C21C. The van der Waals surface area contributed by atoms with Gasteiger partial charge >= 0.3 is 5.97 Å². The Kier molecular flexibility index (Phi) is 4.62. The lowest BCUT2D eigenvalue weighted by molar-refractivity contribution is -0.186. The number of rotatable bonds is 2. The van der Waals surface area contributed by atoms with Gasteiger partial charge in [0.05, 0.1) is 25.2 Å². The van der Waals surface area contributed by atoms with Crippen LogP contribution in [0.15, 0.2) is 11.6 Å². The molecule has 6 unspecified atom stereocenters. The molecule has 5 aliphatic rings. The highest BCUT2D eigenvalue weighted by atomic mass is 16.7. The first-order valence-corrected chi connectivity index (χ1v) is 11.0. The summed E-state index contributed by atoms with van der Waals surface area (Å²) in [5, 5.41) is 11.5. The van der Waals surface area contributed by atoms with Gasteiger partial charge < -0.3 is 24.2 Å². The van der Waals surface area contributed by atoms with Crippen molar-refractivity contribution in [1.29, 1.82) is 0 Å². The van der Waals surface area contributed by atoms with Crippen LogP contribution in [-0.4, -0.2) is 66.8 Å². The van der Waals surface area contributed by atoms with Gasteiger partial charge in [0.15, 0.2) is 5.79 Å². The molecular formula is C22H33NO5. The highest BCUT2D eigenvalue weighted by molar-refractivity contribution is 5.76. The number of allylic oxidation sites excluding steroid dienone is 1. The van der Waals surface area contributed by atoms with E-state index in [9.17, 15) is 9.90 Å². The van der Waals surface area contributed by atoms with Gasteiger partial charge in [0, 0.05) is 50.2 Å². The molecule has 1 spiro atoms. The molecule has 4 fully saturated rings. The van der Waals surface area contributed by atoms with E-state index in [1.807, 2.05) is 0 Å². The van der Waals surface area contributed by atoms with Crippen LogP contribution in [0.25, 0.3) is 0 Å². The summed E-state index contributed by atoms with van der Waals surface area (Å²) in [4.78, 5) is 15.1. The van der Waals surface area contributed by atoms with Crippen LogP contribution < -0.4 is 0 Å². The quantitative estimate of drug-likeness (QED) is 0.574. The summed E-state index contributed by atoms with van der Waals surface area (Å²) in [7, 11) is 0. The predicted molar refractivity (Wildman–Crippen MR) is 102 cm³/mol. The van der Waals surface area contributed by atoms with E-state index in [-0.39, 0.29) is 29.3 Å². The molecule has 1 N–H and O–H groups in total. The van der Waals surface area contributed by atoms with Gasteiger partial charge in [-0.15, -0.1) is 0 Å². The maximum Gasteiger partial charge on any atom is 0.311 e. The fourth-order valence-corrected chi connectivity index (χ4v) is 6.41. The lowest BCUT2D eigenvalue weighted by Gasteiger charge is -2.52. The molecule has 3 heterocycles. The van der Waals surface area contributed by atoms with Gasteiger partial charge in [-0.25, -0.2) is 0 Å². The summed E-state index contributed by atoms with van der Waals surface area (Å²) in [6.45, 7) is 8.18. The topological polar surface area (TPSA) is 68.2 Å². The molecule has 2 aliphatic carbocycles. The number of carbonyl (C=O) groups is 1. The second-order valence-corrected chi connectivity index (χ2v) is 9.71. The molecular weight excluding hydrogens is 358 g/mol. The van der Waals surface area contributed by atoms with Gasteiger partial charge in [-0.3, -0.25) is 4.79 Å². The molecule has 0 aromatic carbocycles. The zero-order chi connectivity index (χ0) is 19.5. The Balaban J connectivity index is 1.31. The molecule has 0 amide bonds. The van der Waals surface area contributed by atoms with Crippen LogP contribution in [0.4, 0.5) is 0 Å². The van der Waals surface area contributed by atoms with Crippen molar-refractivity contribution in [2.45, 2.75) is 63.9 Å². The van der Waals surface area contributed by atoms with Gasteiger partial charge in [0.2, 0.25) is 0 Å². The zero-order valence-electron chi connectivity index (χ0n) is 17.1. The van der Waals surface area contributed by atoms with Gasteiger partial charge in [0.25, 0.3) is 0 Å². The first-order chi connectivity index (χ1) is 13.4. The number of esters is 1. The second-order valence-electron chi connectivity index (χ2n) is 9.71. The summed E-state index contributed by atoms with van der Waals surface area (Å²) in [5.74, 6) is -0.453. The number of carbonyl (C=O) groups excluding carboxylic acids is 1. The Hall–Kier alpha value is -0.950. The highest BCUT2D eigenvalue weighted by Crippen LogP contribution is 2.56. The third-order valence-corrected chi connectivity index (χ3v) is 8.46. The van der Waals surface area contributed by atoms with Crippen LogP contribution in [0.3, 0.4) is 0 Å². The number of nitrogens with zero attached hydrogens (tertiary/aromatic N) is 1. The molecule has 6 heteroatoms. The Labute approximate surface area is 167 Å². The zero-order valence-corrected chi connectivity index (χ0v) is 17.1. The monoisotopic (exact) mass is 391 g/mol. The number of piperidine rings is 1. The number of aliphatic hydroxyl groups is 1. The molecule has 0 aromatic rings. The van der Waals surface area contributed by atoms with Gasteiger partial charge in [-0.2, -0.15) is 0 Å². The Morgan fingerprint density at radius 1 is 1.25 bits per heavy atom. The third-order valence-electron chi connectivity index (χ3n) is 8.46. The van der Waals surface area contributed by atoms with E-state index in [2.05, 4.69) is 24.8 Å². The van der Waals surface area contributed by atoms with Crippen molar-refractivity contribution in [2.75, 3.05) is 32.8 Å². The number of fused-ring (bicyclic) bond motifs is 2. The van der Waals surface area contributed by atoms with Gasteiger partial charge in [0.1, 0.15) is 6.10 Å². The number of ether oxygens (including phenoxy) is 3. The second kappa shape index (κ2) is 6.79. The lowest BCUT2D eigenvalue weighted by Crippen LogP contribution is -2.55. The van der Waals surface area contributed by atoms with E-state index < -0.39 is 11.9 Å². The summed E-state index contributed by atoms with van der Waals surface area (Å²) >= 11 is 0. The summed E-state index contributed by atoms with van der Waals surface area (Å²) in [6.07, 6.45) is 6.22. The van der Waals surface area contributed by atoms with Crippen LogP contribution in [-0.2, 0) is 19.0 Å². The fraction of sp³-hybridized carbons (Fsp3) is 0.864. The maximum atomic E-state index is 12.8. The summed E-state index contributed by atoms with van der Waals surface area (Å²) in [5.41, 5.74) is 1.06. The minimum Gasteiger partial charge on any atom is -0.461 e. The first kappa shape index (κ1) is 19.0. The van der Waals surface area contributed by atoms with E-state index >= 15 is 0 Å². The van der Waals surface area contributed by atoms with Crippen LogP contribution in [0, 0.1) is 23.2 Å². The molecule has 1 saturated carbocycles. The number of hydrogen-bond acceptors (Lipinski definition) is 6. The minimum atomic E-state index is -0.526. The molecule has 3 saturated heterocycles. The molecule has 6 nitrogen and oxygen atoms in total. The Morgan fingerprint density at radius 3 is 2.68 bits per heavy atom. The van der Waals surface area contributed by atoms with Crippen LogP contribution in [0.5, 0.6) is 0 Å². The average Bonchev–Trinajstić information content (AvgIpc) is 3.25. The van der Waals surface area contributed by atoms with E-state index in [0.29, 0.717) is 25.7 Å². The van der Waals surface area contributed by atoms with Crippen molar-refractivity contribution in [1.82, 2.24) is 4.90 Å². The van der Waals surface area contributed by atoms with E-state index in [4.69, 9.17) is 14.2 Å². The molecule has 3 aliphatic heterocycles. The summed E-state index contributed by atoms with van der Waals surface area (Å²) < 4.78 is 17.4. The molecule has 0 bridgehead atoms. The molecule has 0 aromatic heterocycles. The molecule has 156 valence electrons. The Bertz CT molecular complexity index is 662. The van der Waals surface area contributed by atoms with E-state index in [1.54, 1.807) is 0 Å². The van der Waals surface area contributed by atoms with Crippen molar-refractivity contribution in [3.05, 3.63) is 11.6 Å². The van der Waals surface area contributed by atoms with Crippen molar-refractivity contribution in [3.63, 3.8) is 0 Å². The fourth-order valence-electron chi connectivity index (χ4n) is 6.41. The molecule has 0 radical (unpaired) electrons. The normalized spacial score (nSPS) is 45.5. The number of aliphatic hydroxyl groups excluding tert-OH is 1. The average molecular weight is 392 g/mol. The minimum absolute atomic E-state index is 0.106. The van der Waals surface area contributed by atoms with Gasteiger partial charge in [-0.05, 0) is 18.8 Å². The number of hydrogen-bond donors (Lipinski definition) is 1. The van der Waals surface area contributed by atoms with Crippen LogP contribution in [0.2, 0.25) is 0 Å². The first-order valence-electron chi connectivity index (χ1n) is 11.0. The largest absolute Gasteiger partial charge is 0.461 e. The van der Waals surface area contributed by atoms with E-state index in [0.717, 1.165) is 45.2 Å². The molecule has 28 heavy (non-hydrogen) atoms. The van der Waals surface area contributed by atoms with Crippen molar-refractivity contribution >= 4 is 5.97 Å². The number of likely N-dealkylation sites (tertiary alicyclic amines) is 1. The predicted octanol–water partition coefficient (Wildman–Crippen LogP) is 2.11. The third kappa shape index (κ3) is 2.79. The molecule has 6 atom stereocenters. The van der Waals surface area contributed by atoms with E-state index in [1.165, 1.54) is 5.57 Å². The standard InChI is InChI=1S/C22H33NO5/c1-14-4-3-5-15-12-17-18(19(24)21(14,15)2)16(20(25)28-17)13-23-8-6-22(7-9-23)26-10-11-27-22/h5,14,16-19,24H,3-4,6-13H2,1-2H3. The van der Waals surface area contributed by atoms with Crippen LogP contribution in [0.1, 0.15) is 46.0 Å². The smallest absolute Gasteiger partial charge is 0.311 e. The maximum absolute atomic E-state index is 12.8. The van der Waals surface area contributed by atoms with Crippen molar-refractivity contribution in [2.24, 2.45) is 23.2 Å². The lowest BCUT2D eigenvalue weighted by atomic mass is 9.55. The molecule has 5 rings (SSSR count).